The summed E-state index contributed by atoms with van der Waals surface area (Å²) in [5.41, 5.74) is 9.36. The summed E-state index contributed by atoms with van der Waals surface area (Å²) in [6.45, 7) is 3.52. The average Bonchev–Trinajstić information content (AvgIpc) is 2.73. The summed E-state index contributed by atoms with van der Waals surface area (Å²) < 4.78 is 30.3. The number of methoxy groups -OCH3 is 1. The van der Waals surface area contributed by atoms with Gasteiger partial charge in [-0.3, -0.25) is 0 Å². The normalized spacial score (nSPS) is 15.9. The number of ether oxygens (including phenoxy) is 3. The maximum atomic E-state index is 14.7. The van der Waals surface area contributed by atoms with E-state index >= 15 is 0 Å². The molecule has 0 bridgehead atoms. The van der Waals surface area contributed by atoms with Crippen LogP contribution in [0.25, 0.3) is 10.4 Å². The summed E-state index contributed by atoms with van der Waals surface area (Å²) in [6.07, 6.45) is 0. The van der Waals surface area contributed by atoms with Crippen molar-refractivity contribution in [2.75, 3.05) is 33.5 Å². The Bertz CT molecular complexity index is 922. The Labute approximate surface area is 173 Å². The second kappa shape index (κ2) is 11.0. The topological polar surface area (TPSA) is 123 Å². The van der Waals surface area contributed by atoms with Gasteiger partial charge in [0.25, 0.3) is 0 Å². The lowest BCUT2D eigenvalue weighted by molar-refractivity contribution is -0.139. The van der Waals surface area contributed by atoms with E-state index < -0.39 is 23.7 Å². The average molecular weight is 418 g/mol. The summed E-state index contributed by atoms with van der Waals surface area (Å²) in [5.74, 6) is -3.03. The number of carbonyl (C=O) groups excluding carboxylic acids is 2. The minimum atomic E-state index is -1.05. The number of hydrogen-bond acceptors (Lipinski definition) is 7. The van der Waals surface area contributed by atoms with Gasteiger partial charge in [-0.15, -0.1) is 0 Å². The molecule has 1 aliphatic heterocycles. The molecule has 0 saturated carbocycles. The van der Waals surface area contributed by atoms with Gasteiger partial charge >= 0.3 is 11.9 Å². The van der Waals surface area contributed by atoms with Gasteiger partial charge in [-0.1, -0.05) is 23.3 Å². The molecular weight excluding hydrogens is 395 g/mol. The molecule has 1 N–H and O–H groups in total. The number of dihydropyridines is 1. The molecule has 1 unspecified atom stereocenters. The third-order valence-electron chi connectivity index (χ3n) is 4.41. The Morgan fingerprint density at radius 1 is 1.27 bits per heavy atom. The van der Waals surface area contributed by atoms with Crippen molar-refractivity contribution in [1.82, 2.24) is 5.32 Å². The van der Waals surface area contributed by atoms with Crippen molar-refractivity contribution in [3.63, 3.8) is 0 Å². The molecule has 0 amide bonds. The van der Waals surface area contributed by atoms with Crippen molar-refractivity contribution in [1.29, 1.82) is 0 Å². The van der Waals surface area contributed by atoms with E-state index in [1.807, 2.05) is 0 Å². The van der Waals surface area contributed by atoms with Crippen LogP contribution in [-0.2, 0) is 23.8 Å². The molecule has 0 aromatic heterocycles. The van der Waals surface area contributed by atoms with E-state index in [1.54, 1.807) is 19.9 Å². The van der Waals surface area contributed by atoms with Crippen LogP contribution in [0.5, 0.6) is 0 Å². The molecule has 1 aromatic rings. The molecule has 0 saturated heterocycles. The summed E-state index contributed by atoms with van der Waals surface area (Å²) in [5, 5.41) is 6.37. The van der Waals surface area contributed by atoms with Gasteiger partial charge in [-0.25, -0.2) is 14.0 Å². The number of carbonyl (C=O) groups is 2. The van der Waals surface area contributed by atoms with Crippen LogP contribution in [0.15, 0.2) is 51.9 Å². The zero-order chi connectivity index (χ0) is 22.1. The lowest BCUT2D eigenvalue weighted by Crippen LogP contribution is -2.35. The zero-order valence-corrected chi connectivity index (χ0v) is 17.0. The van der Waals surface area contributed by atoms with Gasteiger partial charge in [-0.2, -0.15) is 0 Å². The summed E-state index contributed by atoms with van der Waals surface area (Å²) in [7, 11) is 1.21. The molecule has 0 fully saturated rings. The zero-order valence-electron chi connectivity index (χ0n) is 17.0. The highest BCUT2D eigenvalue weighted by atomic mass is 19.1. The highest BCUT2D eigenvalue weighted by Gasteiger charge is 2.39. The highest BCUT2D eigenvalue weighted by molar-refractivity contribution is 6.00. The van der Waals surface area contributed by atoms with Gasteiger partial charge in [0.05, 0.1) is 49.7 Å². The van der Waals surface area contributed by atoms with Gasteiger partial charge in [0.1, 0.15) is 5.82 Å². The van der Waals surface area contributed by atoms with Crippen molar-refractivity contribution < 1.29 is 28.2 Å². The molecular formula is C20H23FN4O5. The van der Waals surface area contributed by atoms with E-state index in [0.717, 1.165) is 0 Å². The number of nitrogens with one attached hydrogen (secondary N) is 1. The fourth-order valence-electron chi connectivity index (χ4n) is 3.19. The monoisotopic (exact) mass is 418 g/mol. The first-order valence-electron chi connectivity index (χ1n) is 9.25. The SMILES string of the molecule is CCOC(=O)C1=C(COCCN=[N+]=[N-])NC(C)=C(C(=O)OC)C1c1ccccc1F. The fourth-order valence-corrected chi connectivity index (χ4v) is 3.19. The van der Waals surface area contributed by atoms with E-state index in [9.17, 15) is 14.0 Å². The number of azide groups is 1. The van der Waals surface area contributed by atoms with Crippen LogP contribution in [0, 0.1) is 5.82 Å². The molecule has 1 aliphatic rings. The number of halogens is 1. The smallest absolute Gasteiger partial charge is 0.336 e. The molecule has 1 aromatic carbocycles. The van der Waals surface area contributed by atoms with Gasteiger partial charge in [-0.05, 0) is 25.4 Å². The minimum Gasteiger partial charge on any atom is -0.466 e. The van der Waals surface area contributed by atoms with Crippen LogP contribution in [0.4, 0.5) is 4.39 Å². The number of benzene rings is 1. The van der Waals surface area contributed by atoms with E-state index in [4.69, 9.17) is 19.7 Å². The Morgan fingerprint density at radius 2 is 2.00 bits per heavy atom. The van der Waals surface area contributed by atoms with E-state index in [-0.39, 0.29) is 43.1 Å². The van der Waals surface area contributed by atoms with Crippen LogP contribution in [0.2, 0.25) is 0 Å². The van der Waals surface area contributed by atoms with E-state index in [0.29, 0.717) is 11.4 Å². The third kappa shape index (κ3) is 5.16. The van der Waals surface area contributed by atoms with Gasteiger partial charge in [0.15, 0.2) is 0 Å². The molecule has 160 valence electrons. The van der Waals surface area contributed by atoms with Crippen molar-refractivity contribution in [3.05, 3.63) is 68.6 Å². The molecule has 0 aliphatic carbocycles. The summed E-state index contributed by atoms with van der Waals surface area (Å²) in [6, 6.07) is 5.88. The van der Waals surface area contributed by atoms with Crippen molar-refractivity contribution in [3.8, 4) is 0 Å². The Morgan fingerprint density at radius 3 is 2.63 bits per heavy atom. The summed E-state index contributed by atoms with van der Waals surface area (Å²) in [4.78, 5) is 28.0. The lowest BCUT2D eigenvalue weighted by Gasteiger charge is -2.31. The molecule has 0 spiro atoms. The minimum absolute atomic E-state index is 0.0525. The molecule has 0 radical (unpaired) electrons. The van der Waals surface area contributed by atoms with Crippen molar-refractivity contribution in [2.24, 2.45) is 5.11 Å². The first kappa shape index (κ1) is 22.9. The second-order valence-electron chi connectivity index (χ2n) is 6.23. The highest BCUT2D eigenvalue weighted by Crippen LogP contribution is 2.40. The third-order valence-corrected chi connectivity index (χ3v) is 4.41. The Balaban J connectivity index is 2.59. The lowest BCUT2D eigenvalue weighted by atomic mass is 9.80. The molecule has 30 heavy (non-hydrogen) atoms. The fraction of sp³-hybridized carbons (Fsp3) is 0.400. The number of allylic oxidation sites excluding steroid dienone is 1. The quantitative estimate of drug-likeness (QED) is 0.216. The Kier molecular flexibility index (Phi) is 8.40. The molecule has 2 rings (SSSR count). The van der Waals surface area contributed by atoms with Crippen LogP contribution in [0.1, 0.15) is 25.3 Å². The second-order valence-corrected chi connectivity index (χ2v) is 6.23. The maximum absolute atomic E-state index is 14.7. The molecule has 10 heteroatoms. The van der Waals surface area contributed by atoms with E-state index in [2.05, 4.69) is 15.3 Å². The molecule has 1 heterocycles. The van der Waals surface area contributed by atoms with Gasteiger partial charge in [0.2, 0.25) is 0 Å². The van der Waals surface area contributed by atoms with Crippen molar-refractivity contribution >= 4 is 11.9 Å². The van der Waals surface area contributed by atoms with Crippen LogP contribution >= 0.6 is 0 Å². The summed E-state index contributed by atoms with van der Waals surface area (Å²) >= 11 is 0. The molecule has 1 atom stereocenters. The van der Waals surface area contributed by atoms with Crippen LogP contribution in [-0.4, -0.2) is 45.4 Å². The molecule has 9 nitrogen and oxygen atoms in total. The number of rotatable bonds is 9. The van der Waals surface area contributed by atoms with Crippen molar-refractivity contribution in [2.45, 2.75) is 19.8 Å². The Hall–Kier alpha value is -3.36. The first-order chi connectivity index (χ1) is 14.5. The van der Waals surface area contributed by atoms with Gasteiger partial charge < -0.3 is 19.5 Å². The van der Waals surface area contributed by atoms with Crippen LogP contribution < -0.4 is 5.32 Å². The largest absolute Gasteiger partial charge is 0.466 e. The first-order valence-corrected chi connectivity index (χ1v) is 9.25. The number of nitrogens with zero attached hydrogens (tertiary/aromatic N) is 3. The van der Waals surface area contributed by atoms with Gasteiger partial charge in [0, 0.05) is 22.7 Å². The van der Waals surface area contributed by atoms with Crippen LogP contribution in [0.3, 0.4) is 0 Å². The predicted molar refractivity (Wildman–Crippen MR) is 105 cm³/mol. The predicted octanol–water partition coefficient (Wildman–Crippen LogP) is 3.10. The number of esters is 2. The van der Waals surface area contributed by atoms with E-state index in [1.165, 1.54) is 25.3 Å². The standard InChI is InChI=1S/C20H23FN4O5/c1-4-30-20(27)18-15(11-29-10-9-23-25-22)24-12(2)16(19(26)28-3)17(18)13-7-5-6-8-14(13)21/h5-8,17,24H,4,9-11H2,1-3H3. The maximum Gasteiger partial charge on any atom is 0.336 e. The number of hydrogen-bond donors (Lipinski definition) is 1.